The van der Waals surface area contributed by atoms with Crippen LogP contribution in [0.3, 0.4) is 0 Å². The fraction of sp³-hybridized carbons (Fsp3) is 0. The van der Waals surface area contributed by atoms with Gasteiger partial charge in [0, 0.05) is 11.3 Å². The lowest BCUT2D eigenvalue weighted by Crippen LogP contribution is -2.13. The maximum Gasteiger partial charge on any atom is 0.272 e. The highest BCUT2D eigenvalue weighted by atomic mass is 35.5. The fourth-order valence-corrected chi connectivity index (χ4v) is 1.76. The monoisotopic (exact) mass is 297 g/mol. The van der Waals surface area contributed by atoms with Crippen LogP contribution in [0.4, 0.5) is 5.69 Å². The first-order valence-electron chi connectivity index (χ1n) is 5.22. The van der Waals surface area contributed by atoms with E-state index in [1.807, 2.05) is 0 Å². The molecule has 1 aromatic carbocycles. The maximum atomic E-state index is 11.8. The Hall–Kier alpha value is -1.98. The van der Waals surface area contributed by atoms with Gasteiger partial charge in [0.1, 0.15) is 10.8 Å². The van der Waals surface area contributed by atoms with Gasteiger partial charge in [-0.05, 0) is 30.3 Å². The van der Waals surface area contributed by atoms with Gasteiger partial charge in [0.05, 0.1) is 5.02 Å². The number of hydrogen-bond acceptors (Lipinski definition) is 2. The van der Waals surface area contributed by atoms with Crippen molar-refractivity contribution in [3.63, 3.8) is 0 Å². The van der Waals surface area contributed by atoms with Gasteiger partial charge >= 0.3 is 0 Å². The molecule has 2 aromatic rings. The molecule has 98 valence electrons. The molecule has 0 unspecified atom stereocenters. The summed E-state index contributed by atoms with van der Waals surface area (Å²) in [6, 6.07) is 7.62. The topological polar surface area (TPSA) is 88.0 Å². The van der Waals surface area contributed by atoms with E-state index in [0.717, 1.165) is 0 Å². The second-order valence-corrected chi connectivity index (χ2v) is 4.53. The molecule has 0 aliphatic rings. The van der Waals surface area contributed by atoms with Gasteiger partial charge in [0.25, 0.3) is 5.91 Å². The Morgan fingerprint density at radius 3 is 2.26 bits per heavy atom. The zero-order valence-corrected chi connectivity index (χ0v) is 11.0. The Morgan fingerprint density at radius 2 is 1.79 bits per heavy atom. The molecule has 0 saturated heterocycles. The van der Waals surface area contributed by atoms with Crippen LogP contribution in [-0.2, 0) is 0 Å². The van der Waals surface area contributed by atoms with Crippen molar-refractivity contribution < 1.29 is 9.59 Å². The number of carbonyl (C=O) groups excluding carboxylic acids is 2. The molecule has 1 aromatic heterocycles. The Kier molecular flexibility index (Phi) is 3.78. The Morgan fingerprint density at radius 1 is 1.16 bits per heavy atom. The van der Waals surface area contributed by atoms with Crippen molar-refractivity contribution in [2.75, 3.05) is 5.32 Å². The largest absolute Gasteiger partial charge is 0.366 e. The van der Waals surface area contributed by atoms with Crippen molar-refractivity contribution in [2.24, 2.45) is 5.73 Å². The van der Waals surface area contributed by atoms with E-state index in [2.05, 4.69) is 10.3 Å². The van der Waals surface area contributed by atoms with Crippen molar-refractivity contribution in [3.8, 4) is 0 Å². The molecular formula is C12H9Cl2N3O2. The lowest BCUT2D eigenvalue weighted by molar-refractivity contribution is 0.0998. The van der Waals surface area contributed by atoms with E-state index in [0.29, 0.717) is 11.3 Å². The number of nitrogens with one attached hydrogen (secondary N) is 2. The van der Waals surface area contributed by atoms with Crippen molar-refractivity contribution in [1.82, 2.24) is 4.98 Å². The number of amides is 2. The highest BCUT2D eigenvalue weighted by molar-refractivity contribution is 6.41. The smallest absolute Gasteiger partial charge is 0.272 e. The van der Waals surface area contributed by atoms with Crippen LogP contribution >= 0.6 is 23.2 Å². The standard InChI is InChI=1S/C12H9Cl2N3O2/c13-8-5-9(17-10(8)14)12(19)16-7-3-1-6(2-4-7)11(15)18/h1-5,17H,(H2,15,18)(H,16,19). The SMILES string of the molecule is NC(=O)c1ccc(NC(=O)c2cc(Cl)c(Cl)[nH]2)cc1. The number of benzene rings is 1. The van der Waals surface area contributed by atoms with E-state index in [1.165, 1.54) is 18.2 Å². The van der Waals surface area contributed by atoms with Crippen LogP contribution in [0.1, 0.15) is 20.8 Å². The van der Waals surface area contributed by atoms with Gasteiger partial charge < -0.3 is 16.0 Å². The Balaban J connectivity index is 2.12. The lowest BCUT2D eigenvalue weighted by atomic mass is 10.2. The van der Waals surface area contributed by atoms with Crippen LogP contribution in [-0.4, -0.2) is 16.8 Å². The molecule has 2 amide bonds. The molecule has 19 heavy (non-hydrogen) atoms. The molecule has 5 nitrogen and oxygen atoms in total. The molecule has 0 fully saturated rings. The van der Waals surface area contributed by atoms with Crippen LogP contribution in [0.5, 0.6) is 0 Å². The van der Waals surface area contributed by atoms with E-state index in [1.54, 1.807) is 12.1 Å². The molecule has 0 saturated carbocycles. The van der Waals surface area contributed by atoms with Gasteiger partial charge in [-0.1, -0.05) is 23.2 Å². The van der Waals surface area contributed by atoms with Crippen molar-refractivity contribution in [1.29, 1.82) is 0 Å². The highest BCUT2D eigenvalue weighted by Gasteiger charge is 2.11. The first-order valence-corrected chi connectivity index (χ1v) is 5.98. The summed E-state index contributed by atoms with van der Waals surface area (Å²) in [5, 5.41) is 3.10. The molecule has 0 radical (unpaired) electrons. The summed E-state index contributed by atoms with van der Waals surface area (Å²) >= 11 is 11.5. The van der Waals surface area contributed by atoms with Crippen LogP contribution < -0.4 is 11.1 Å². The van der Waals surface area contributed by atoms with Crippen LogP contribution in [0, 0.1) is 0 Å². The second kappa shape index (κ2) is 5.34. The molecule has 1 heterocycles. The minimum Gasteiger partial charge on any atom is -0.366 e. The highest BCUT2D eigenvalue weighted by Crippen LogP contribution is 2.22. The maximum absolute atomic E-state index is 11.8. The van der Waals surface area contributed by atoms with Crippen LogP contribution in [0.15, 0.2) is 30.3 Å². The molecule has 0 aliphatic heterocycles. The van der Waals surface area contributed by atoms with Crippen LogP contribution in [0.2, 0.25) is 10.2 Å². The summed E-state index contributed by atoms with van der Waals surface area (Å²) in [6.45, 7) is 0. The molecule has 0 spiro atoms. The first kappa shape index (κ1) is 13.5. The van der Waals surface area contributed by atoms with Gasteiger partial charge in [-0.2, -0.15) is 0 Å². The number of rotatable bonds is 3. The summed E-state index contributed by atoms with van der Waals surface area (Å²) < 4.78 is 0. The third kappa shape index (κ3) is 3.07. The summed E-state index contributed by atoms with van der Waals surface area (Å²) in [5.74, 6) is -0.915. The number of hydrogen-bond donors (Lipinski definition) is 3. The van der Waals surface area contributed by atoms with Gasteiger partial charge in [-0.15, -0.1) is 0 Å². The predicted molar refractivity (Wildman–Crippen MR) is 73.7 cm³/mol. The number of carbonyl (C=O) groups is 2. The minimum atomic E-state index is -0.527. The number of aromatic amines is 1. The zero-order chi connectivity index (χ0) is 14.0. The average molecular weight is 298 g/mol. The molecular weight excluding hydrogens is 289 g/mol. The third-order valence-corrected chi connectivity index (χ3v) is 3.09. The number of anilines is 1. The summed E-state index contributed by atoms with van der Waals surface area (Å²) in [4.78, 5) is 25.4. The van der Waals surface area contributed by atoms with Gasteiger partial charge in [0.15, 0.2) is 0 Å². The number of primary amides is 1. The quantitative estimate of drug-likeness (QED) is 0.813. The van der Waals surface area contributed by atoms with Crippen molar-refractivity contribution in [2.45, 2.75) is 0 Å². The van der Waals surface area contributed by atoms with E-state index in [4.69, 9.17) is 28.9 Å². The Bertz CT molecular complexity index is 615. The molecule has 0 atom stereocenters. The zero-order valence-electron chi connectivity index (χ0n) is 9.54. The third-order valence-electron chi connectivity index (χ3n) is 2.40. The molecule has 4 N–H and O–H groups in total. The minimum absolute atomic E-state index is 0.205. The first-order chi connectivity index (χ1) is 8.97. The molecule has 2 rings (SSSR count). The van der Waals surface area contributed by atoms with E-state index in [-0.39, 0.29) is 21.8 Å². The van der Waals surface area contributed by atoms with Crippen LogP contribution in [0.25, 0.3) is 0 Å². The number of H-pyrrole nitrogens is 1. The van der Waals surface area contributed by atoms with E-state index < -0.39 is 5.91 Å². The van der Waals surface area contributed by atoms with Gasteiger partial charge in [-0.3, -0.25) is 9.59 Å². The normalized spacial score (nSPS) is 10.2. The second-order valence-electron chi connectivity index (χ2n) is 3.74. The van der Waals surface area contributed by atoms with Crippen molar-refractivity contribution in [3.05, 3.63) is 51.8 Å². The van der Waals surface area contributed by atoms with Gasteiger partial charge in [0.2, 0.25) is 5.91 Å². The Labute approximate surface area is 118 Å². The number of aromatic nitrogens is 1. The molecule has 0 aliphatic carbocycles. The van der Waals surface area contributed by atoms with Gasteiger partial charge in [-0.25, -0.2) is 0 Å². The van der Waals surface area contributed by atoms with E-state index in [9.17, 15) is 9.59 Å². The average Bonchev–Trinajstić information content (AvgIpc) is 2.70. The summed E-state index contributed by atoms with van der Waals surface area (Å²) in [6.07, 6.45) is 0. The fourth-order valence-electron chi connectivity index (χ4n) is 1.44. The van der Waals surface area contributed by atoms with E-state index >= 15 is 0 Å². The lowest BCUT2D eigenvalue weighted by Gasteiger charge is -2.04. The van der Waals surface area contributed by atoms with Crippen molar-refractivity contribution >= 4 is 40.7 Å². The number of halogens is 2. The molecule has 0 bridgehead atoms. The summed E-state index contributed by atoms with van der Waals surface area (Å²) in [5.41, 5.74) is 6.25. The predicted octanol–water partition coefficient (Wildman–Crippen LogP) is 2.67. The molecule has 7 heteroatoms. The number of nitrogens with two attached hydrogens (primary N) is 1. The summed E-state index contributed by atoms with van der Waals surface area (Å²) in [7, 11) is 0.